The molecule has 0 heterocycles. The lowest BCUT2D eigenvalue weighted by atomic mass is 10.1. The number of hydrogen-bond acceptors (Lipinski definition) is 4. The van der Waals surface area contributed by atoms with Crippen LogP contribution in [0, 0.1) is 11.3 Å². The number of carbonyl (C=O) groups is 1. The largest absolute Gasteiger partial charge is 0.490 e. The summed E-state index contributed by atoms with van der Waals surface area (Å²) in [6.07, 6.45) is 1.70. The number of nitrogens with one attached hydrogen (secondary N) is 1. The van der Waals surface area contributed by atoms with Gasteiger partial charge in [0, 0.05) is 6.54 Å². The molecule has 5 heteroatoms. The van der Waals surface area contributed by atoms with Crippen LogP contribution in [-0.4, -0.2) is 30.5 Å². The number of rotatable bonds is 8. The molecule has 0 saturated heterocycles. The van der Waals surface area contributed by atoms with E-state index in [2.05, 4.69) is 18.0 Å². The standard InChI is InChI=1S/C21H23N3O2/c1-4-13-26-19-11-9-17(10-12-19)15-24(3)16(2)21(25)23-20-8-6-5-7-18(20)14-22/h4-12,16H,1,13,15H2,2-3H3,(H,23,25)/t16-/m0/s1. The fraction of sp³-hybridized carbons (Fsp3) is 0.238. The molecule has 0 aliphatic heterocycles. The van der Waals surface area contributed by atoms with Crippen molar-refractivity contribution in [3.05, 3.63) is 72.3 Å². The van der Waals surface area contributed by atoms with Gasteiger partial charge in [0.1, 0.15) is 18.4 Å². The molecule has 1 N–H and O–H groups in total. The van der Waals surface area contributed by atoms with Crippen LogP contribution in [-0.2, 0) is 11.3 Å². The number of ether oxygens (including phenoxy) is 1. The first-order valence-corrected chi connectivity index (χ1v) is 8.38. The van der Waals surface area contributed by atoms with Crippen LogP contribution in [0.3, 0.4) is 0 Å². The van der Waals surface area contributed by atoms with Crippen LogP contribution < -0.4 is 10.1 Å². The number of benzene rings is 2. The Kier molecular flexibility index (Phi) is 6.95. The molecule has 0 bridgehead atoms. The molecule has 0 spiro atoms. The summed E-state index contributed by atoms with van der Waals surface area (Å²) in [5, 5.41) is 12.0. The Balaban J connectivity index is 1.95. The maximum Gasteiger partial charge on any atom is 0.241 e. The zero-order valence-electron chi connectivity index (χ0n) is 15.1. The predicted molar refractivity (Wildman–Crippen MR) is 103 cm³/mol. The van der Waals surface area contributed by atoms with E-state index in [0.717, 1.165) is 11.3 Å². The summed E-state index contributed by atoms with van der Waals surface area (Å²) in [6.45, 7) is 6.56. The highest BCUT2D eigenvalue weighted by Crippen LogP contribution is 2.16. The molecule has 0 unspecified atom stereocenters. The highest BCUT2D eigenvalue weighted by molar-refractivity contribution is 5.95. The van der Waals surface area contributed by atoms with Crippen LogP contribution in [0.5, 0.6) is 5.75 Å². The molecular formula is C21H23N3O2. The molecule has 0 aromatic heterocycles. The number of likely N-dealkylation sites (N-methyl/N-ethyl adjacent to an activating group) is 1. The molecule has 0 radical (unpaired) electrons. The van der Waals surface area contributed by atoms with Crippen LogP contribution in [0.4, 0.5) is 5.69 Å². The lowest BCUT2D eigenvalue weighted by molar-refractivity contribution is -0.120. The summed E-state index contributed by atoms with van der Waals surface area (Å²) in [7, 11) is 1.89. The van der Waals surface area contributed by atoms with Gasteiger partial charge in [-0.2, -0.15) is 5.26 Å². The Morgan fingerprint density at radius 1 is 1.31 bits per heavy atom. The first-order valence-electron chi connectivity index (χ1n) is 8.38. The van der Waals surface area contributed by atoms with E-state index in [4.69, 9.17) is 10.00 Å². The topological polar surface area (TPSA) is 65.4 Å². The molecule has 0 aliphatic carbocycles. The zero-order valence-corrected chi connectivity index (χ0v) is 15.1. The average Bonchev–Trinajstić information content (AvgIpc) is 2.67. The van der Waals surface area contributed by atoms with Crippen molar-refractivity contribution in [3.8, 4) is 11.8 Å². The fourth-order valence-corrected chi connectivity index (χ4v) is 2.40. The number of amides is 1. The summed E-state index contributed by atoms with van der Waals surface area (Å²) in [6, 6.07) is 16.5. The Hall–Kier alpha value is -3.10. The third-order valence-electron chi connectivity index (χ3n) is 4.07. The lowest BCUT2D eigenvalue weighted by Crippen LogP contribution is -2.39. The van der Waals surface area contributed by atoms with Gasteiger partial charge in [0.05, 0.1) is 17.3 Å². The van der Waals surface area contributed by atoms with E-state index in [1.807, 2.05) is 43.1 Å². The summed E-state index contributed by atoms with van der Waals surface area (Å²) >= 11 is 0. The maximum atomic E-state index is 12.5. The van der Waals surface area contributed by atoms with Crippen molar-refractivity contribution in [2.45, 2.75) is 19.5 Å². The van der Waals surface area contributed by atoms with E-state index in [1.54, 1.807) is 30.3 Å². The van der Waals surface area contributed by atoms with Gasteiger partial charge in [-0.25, -0.2) is 0 Å². The molecule has 1 atom stereocenters. The van der Waals surface area contributed by atoms with Gasteiger partial charge in [-0.3, -0.25) is 9.69 Å². The third-order valence-corrected chi connectivity index (χ3v) is 4.07. The van der Waals surface area contributed by atoms with E-state index in [1.165, 1.54) is 0 Å². The minimum absolute atomic E-state index is 0.152. The zero-order chi connectivity index (χ0) is 18.9. The maximum absolute atomic E-state index is 12.5. The van der Waals surface area contributed by atoms with Crippen LogP contribution in [0.1, 0.15) is 18.1 Å². The van der Waals surface area contributed by atoms with E-state index >= 15 is 0 Å². The number of hydrogen-bond donors (Lipinski definition) is 1. The Morgan fingerprint density at radius 2 is 2.00 bits per heavy atom. The van der Waals surface area contributed by atoms with E-state index in [9.17, 15) is 4.79 Å². The summed E-state index contributed by atoms with van der Waals surface area (Å²) < 4.78 is 5.47. The first kappa shape index (κ1) is 19.2. The first-order chi connectivity index (χ1) is 12.5. The van der Waals surface area contributed by atoms with Gasteiger partial charge in [0.25, 0.3) is 0 Å². The SMILES string of the molecule is C=CCOc1ccc(CN(C)[C@@H](C)C(=O)Nc2ccccc2C#N)cc1. The molecule has 134 valence electrons. The molecule has 2 aromatic carbocycles. The number of nitriles is 1. The van der Waals surface area contributed by atoms with E-state index in [0.29, 0.717) is 24.4 Å². The molecule has 26 heavy (non-hydrogen) atoms. The minimum Gasteiger partial charge on any atom is -0.490 e. The molecule has 1 amide bonds. The molecule has 5 nitrogen and oxygen atoms in total. The number of anilines is 1. The lowest BCUT2D eigenvalue weighted by Gasteiger charge is -2.24. The van der Waals surface area contributed by atoms with Crippen molar-refractivity contribution in [2.24, 2.45) is 0 Å². The molecule has 0 fully saturated rings. The van der Waals surface area contributed by atoms with Crippen molar-refractivity contribution in [1.29, 1.82) is 5.26 Å². The van der Waals surface area contributed by atoms with Crippen molar-refractivity contribution < 1.29 is 9.53 Å². The quantitative estimate of drug-likeness (QED) is 0.740. The molecule has 0 saturated carbocycles. The molecule has 2 rings (SSSR count). The second kappa shape index (κ2) is 9.40. The van der Waals surface area contributed by atoms with Gasteiger partial charge >= 0.3 is 0 Å². The minimum atomic E-state index is -0.349. The highest BCUT2D eigenvalue weighted by Gasteiger charge is 2.19. The molecule has 2 aromatic rings. The smallest absolute Gasteiger partial charge is 0.241 e. The highest BCUT2D eigenvalue weighted by atomic mass is 16.5. The third kappa shape index (κ3) is 5.20. The van der Waals surface area contributed by atoms with Crippen molar-refractivity contribution in [3.63, 3.8) is 0 Å². The van der Waals surface area contributed by atoms with Gasteiger partial charge in [-0.1, -0.05) is 36.9 Å². The van der Waals surface area contributed by atoms with E-state index < -0.39 is 0 Å². The van der Waals surface area contributed by atoms with Crippen molar-refractivity contribution in [1.82, 2.24) is 4.90 Å². The second-order valence-corrected chi connectivity index (χ2v) is 5.98. The molecular weight excluding hydrogens is 326 g/mol. The summed E-state index contributed by atoms with van der Waals surface area (Å²) in [5.41, 5.74) is 2.06. The fourth-order valence-electron chi connectivity index (χ4n) is 2.40. The van der Waals surface area contributed by atoms with Gasteiger partial charge in [0.15, 0.2) is 0 Å². The summed E-state index contributed by atoms with van der Waals surface area (Å²) in [5.74, 6) is 0.636. The van der Waals surface area contributed by atoms with Crippen LogP contribution in [0.25, 0.3) is 0 Å². The molecule has 0 aliphatic rings. The van der Waals surface area contributed by atoms with Gasteiger partial charge < -0.3 is 10.1 Å². The Labute approximate surface area is 154 Å². The van der Waals surface area contributed by atoms with Crippen molar-refractivity contribution in [2.75, 3.05) is 19.0 Å². The van der Waals surface area contributed by atoms with Crippen molar-refractivity contribution >= 4 is 11.6 Å². The number of carbonyl (C=O) groups excluding carboxylic acids is 1. The number of nitrogens with zero attached hydrogens (tertiary/aromatic N) is 2. The monoisotopic (exact) mass is 349 g/mol. The Morgan fingerprint density at radius 3 is 2.65 bits per heavy atom. The normalized spacial score (nSPS) is 11.5. The van der Waals surface area contributed by atoms with Crippen LogP contribution in [0.2, 0.25) is 0 Å². The Bertz CT molecular complexity index is 794. The van der Waals surface area contributed by atoms with Gasteiger partial charge in [0.2, 0.25) is 5.91 Å². The second-order valence-electron chi connectivity index (χ2n) is 5.98. The summed E-state index contributed by atoms with van der Waals surface area (Å²) in [4.78, 5) is 14.4. The number of para-hydroxylation sites is 1. The van der Waals surface area contributed by atoms with E-state index in [-0.39, 0.29) is 11.9 Å². The van der Waals surface area contributed by atoms with Crippen LogP contribution >= 0.6 is 0 Å². The average molecular weight is 349 g/mol. The predicted octanol–water partition coefficient (Wildman–Crippen LogP) is 3.58. The van der Waals surface area contributed by atoms with Gasteiger partial charge in [-0.15, -0.1) is 0 Å². The van der Waals surface area contributed by atoms with Gasteiger partial charge in [-0.05, 0) is 43.8 Å². The van der Waals surface area contributed by atoms with Crippen LogP contribution in [0.15, 0.2) is 61.2 Å².